The third kappa shape index (κ3) is 5.49. The molecule has 2 aliphatic rings. The molecule has 7 nitrogen and oxygen atoms in total. The Labute approximate surface area is 180 Å². The third-order valence-corrected chi connectivity index (χ3v) is 5.54. The molecule has 1 aromatic carbocycles. The second-order valence-corrected chi connectivity index (χ2v) is 8.16. The van der Waals surface area contributed by atoms with E-state index in [2.05, 4.69) is 15.6 Å². The molecule has 8 heteroatoms. The molecule has 2 heterocycles. The van der Waals surface area contributed by atoms with Crippen molar-refractivity contribution >= 4 is 29.2 Å². The van der Waals surface area contributed by atoms with Gasteiger partial charge in [-0.25, -0.2) is 4.79 Å². The molecule has 0 bridgehead atoms. The number of ether oxygens (including phenoxy) is 1. The van der Waals surface area contributed by atoms with E-state index in [4.69, 9.17) is 16.3 Å². The van der Waals surface area contributed by atoms with Crippen molar-refractivity contribution in [1.82, 2.24) is 15.2 Å². The van der Waals surface area contributed by atoms with Crippen molar-refractivity contribution in [1.29, 1.82) is 0 Å². The van der Waals surface area contributed by atoms with Gasteiger partial charge in [0.25, 0.3) is 5.91 Å². The molecule has 1 aliphatic heterocycles. The van der Waals surface area contributed by atoms with Gasteiger partial charge in [-0.3, -0.25) is 9.78 Å². The van der Waals surface area contributed by atoms with Crippen molar-refractivity contribution in [2.75, 3.05) is 18.5 Å². The molecule has 2 aromatic rings. The lowest BCUT2D eigenvalue weighted by molar-refractivity contribution is 0.0819. The molecule has 4 rings (SSSR count). The first-order valence-corrected chi connectivity index (χ1v) is 10.6. The van der Waals surface area contributed by atoms with Crippen LogP contribution in [0.1, 0.15) is 41.6 Å². The minimum atomic E-state index is -0.259. The summed E-state index contributed by atoms with van der Waals surface area (Å²) in [5.74, 6) is -0.217. The van der Waals surface area contributed by atoms with Crippen LogP contribution in [0.25, 0.3) is 0 Å². The third-order valence-electron chi connectivity index (χ3n) is 5.21. The second kappa shape index (κ2) is 9.45. The lowest BCUT2D eigenvalue weighted by atomic mass is 10.1. The molecule has 1 atom stereocenters. The molecule has 3 amide bonds. The van der Waals surface area contributed by atoms with E-state index in [0.717, 1.165) is 37.9 Å². The van der Waals surface area contributed by atoms with Crippen molar-refractivity contribution in [3.63, 3.8) is 0 Å². The molecule has 1 aliphatic carbocycles. The summed E-state index contributed by atoms with van der Waals surface area (Å²) >= 11 is 6.21. The number of rotatable bonds is 7. The van der Waals surface area contributed by atoms with E-state index in [1.165, 1.54) is 0 Å². The molecular formula is C22H25ClN4O3. The zero-order chi connectivity index (χ0) is 20.9. The highest BCUT2D eigenvalue weighted by Crippen LogP contribution is 2.24. The Hall–Kier alpha value is -2.64. The first-order valence-electron chi connectivity index (χ1n) is 10.3. The average Bonchev–Trinajstić information content (AvgIpc) is 3.41. The number of aromatic nitrogens is 1. The number of hydrogen-bond acceptors (Lipinski definition) is 4. The molecule has 2 fully saturated rings. The number of carbonyl (C=O) groups excluding carboxylic acids is 2. The van der Waals surface area contributed by atoms with Gasteiger partial charge in [-0.2, -0.15) is 0 Å². The van der Waals surface area contributed by atoms with E-state index in [1.54, 1.807) is 35.5 Å². The van der Waals surface area contributed by atoms with Crippen LogP contribution >= 0.6 is 11.6 Å². The number of halogens is 1. The lowest BCUT2D eigenvalue weighted by Crippen LogP contribution is -2.39. The van der Waals surface area contributed by atoms with Crippen LogP contribution in [0.15, 0.2) is 42.7 Å². The maximum atomic E-state index is 13.1. The van der Waals surface area contributed by atoms with E-state index < -0.39 is 0 Å². The van der Waals surface area contributed by atoms with Crippen molar-refractivity contribution < 1.29 is 14.3 Å². The monoisotopic (exact) mass is 428 g/mol. The van der Waals surface area contributed by atoms with Gasteiger partial charge in [-0.1, -0.05) is 17.7 Å². The quantitative estimate of drug-likeness (QED) is 0.701. The van der Waals surface area contributed by atoms with Crippen LogP contribution in [0.2, 0.25) is 5.02 Å². The summed E-state index contributed by atoms with van der Waals surface area (Å²) in [7, 11) is 0. The summed E-state index contributed by atoms with van der Waals surface area (Å²) in [4.78, 5) is 31.3. The summed E-state index contributed by atoms with van der Waals surface area (Å²) in [5.41, 5.74) is 1.82. The SMILES string of the molecule is O=C(NC1CC1)c1cc(NC(=O)N(Cc2cccnc2)CC2CCCO2)ccc1Cl. The Balaban J connectivity index is 1.47. The number of anilines is 1. The Kier molecular flexibility index (Phi) is 6.50. The van der Waals surface area contributed by atoms with Crippen molar-refractivity contribution in [2.24, 2.45) is 0 Å². The molecule has 0 radical (unpaired) electrons. The number of nitrogens with zero attached hydrogens (tertiary/aromatic N) is 2. The predicted molar refractivity (Wildman–Crippen MR) is 115 cm³/mol. The van der Waals surface area contributed by atoms with Gasteiger partial charge in [0, 0.05) is 43.8 Å². The lowest BCUT2D eigenvalue weighted by Gasteiger charge is -2.26. The molecular weight excluding hydrogens is 404 g/mol. The second-order valence-electron chi connectivity index (χ2n) is 7.75. The van der Waals surface area contributed by atoms with E-state index in [0.29, 0.717) is 29.4 Å². The normalized spacial score (nSPS) is 18.1. The zero-order valence-corrected chi connectivity index (χ0v) is 17.4. The predicted octanol–water partition coefficient (Wildman–Crippen LogP) is 3.84. The molecule has 1 saturated carbocycles. The molecule has 1 aromatic heterocycles. The number of carbonyl (C=O) groups is 2. The fraction of sp³-hybridized carbons (Fsp3) is 0.409. The van der Waals surface area contributed by atoms with E-state index in [-0.39, 0.29) is 24.1 Å². The summed E-state index contributed by atoms with van der Waals surface area (Å²) < 4.78 is 5.72. The summed E-state index contributed by atoms with van der Waals surface area (Å²) in [6.45, 7) is 1.63. The maximum absolute atomic E-state index is 13.1. The minimum Gasteiger partial charge on any atom is -0.376 e. The number of nitrogens with one attached hydrogen (secondary N) is 2. The van der Waals surface area contributed by atoms with Gasteiger partial charge in [-0.15, -0.1) is 0 Å². The van der Waals surface area contributed by atoms with Crippen LogP contribution in [0.3, 0.4) is 0 Å². The smallest absolute Gasteiger partial charge is 0.322 e. The van der Waals surface area contributed by atoms with Gasteiger partial charge in [0.15, 0.2) is 0 Å². The molecule has 1 saturated heterocycles. The fourth-order valence-electron chi connectivity index (χ4n) is 3.44. The first-order chi connectivity index (χ1) is 14.6. The Bertz CT molecular complexity index is 899. The highest BCUT2D eigenvalue weighted by Gasteiger charge is 2.26. The van der Waals surface area contributed by atoms with Gasteiger partial charge in [0.05, 0.1) is 16.7 Å². The summed E-state index contributed by atoms with van der Waals surface area (Å²) in [6, 6.07) is 8.70. The highest BCUT2D eigenvalue weighted by molar-refractivity contribution is 6.34. The van der Waals surface area contributed by atoms with Gasteiger partial charge < -0.3 is 20.3 Å². The number of benzene rings is 1. The largest absolute Gasteiger partial charge is 0.376 e. The highest BCUT2D eigenvalue weighted by atomic mass is 35.5. The molecule has 0 spiro atoms. The minimum absolute atomic E-state index is 0.0255. The van der Waals surface area contributed by atoms with Crippen LogP contribution in [-0.2, 0) is 11.3 Å². The standard InChI is InChI=1S/C22H25ClN4O3/c23-20-8-7-17(11-19(20)21(28)25-16-5-6-16)26-22(29)27(14-18-4-2-10-30-18)13-15-3-1-9-24-12-15/h1,3,7-9,11-12,16,18H,2,4-6,10,13-14H2,(H,25,28)(H,26,29). The molecule has 1 unspecified atom stereocenters. The topological polar surface area (TPSA) is 83.6 Å². The number of pyridine rings is 1. The van der Waals surface area contributed by atoms with Crippen molar-refractivity contribution in [3.05, 3.63) is 58.9 Å². The van der Waals surface area contributed by atoms with Crippen LogP contribution < -0.4 is 10.6 Å². The summed E-state index contributed by atoms with van der Waals surface area (Å²) in [6.07, 6.45) is 7.40. The Morgan fingerprint density at radius 1 is 1.23 bits per heavy atom. The molecule has 30 heavy (non-hydrogen) atoms. The van der Waals surface area contributed by atoms with Crippen LogP contribution in [0.4, 0.5) is 10.5 Å². The van der Waals surface area contributed by atoms with Gasteiger partial charge >= 0.3 is 6.03 Å². The van der Waals surface area contributed by atoms with E-state index in [1.807, 2.05) is 12.1 Å². The van der Waals surface area contributed by atoms with Crippen molar-refractivity contribution in [3.8, 4) is 0 Å². The van der Waals surface area contributed by atoms with Crippen LogP contribution in [0, 0.1) is 0 Å². The van der Waals surface area contributed by atoms with Crippen molar-refractivity contribution in [2.45, 2.75) is 44.4 Å². The van der Waals surface area contributed by atoms with E-state index in [9.17, 15) is 9.59 Å². The fourth-order valence-corrected chi connectivity index (χ4v) is 3.64. The van der Waals surface area contributed by atoms with E-state index >= 15 is 0 Å². The first kappa shape index (κ1) is 20.6. The maximum Gasteiger partial charge on any atom is 0.322 e. The van der Waals surface area contributed by atoms with Crippen LogP contribution in [0.5, 0.6) is 0 Å². The zero-order valence-electron chi connectivity index (χ0n) is 16.6. The summed E-state index contributed by atoms with van der Waals surface area (Å²) in [5, 5.41) is 6.18. The van der Waals surface area contributed by atoms with Gasteiger partial charge in [0.1, 0.15) is 0 Å². The van der Waals surface area contributed by atoms with Gasteiger partial charge in [-0.05, 0) is 55.5 Å². The average molecular weight is 429 g/mol. The number of urea groups is 1. The number of amides is 3. The Morgan fingerprint density at radius 2 is 2.10 bits per heavy atom. The van der Waals surface area contributed by atoms with Gasteiger partial charge in [0.2, 0.25) is 0 Å². The molecule has 2 N–H and O–H groups in total. The molecule has 158 valence electrons. The van der Waals surface area contributed by atoms with Crippen LogP contribution in [-0.4, -0.2) is 47.1 Å². The number of hydrogen-bond donors (Lipinski definition) is 2. The Morgan fingerprint density at radius 3 is 2.80 bits per heavy atom.